The third-order valence-corrected chi connectivity index (χ3v) is 4.17. The molecular formula is C14H14ClF4NO2. The minimum absolute atomic E-state index is 0.0171. The Morgan fingerprint density at radius 2 is 1.91 bits per heavy atom. The van der Waals surface area contributed by atoms with Gasteiger partial charge in [-0.3, -0.25) is 4.79 Å². The van der Waals surface area contributed by atoms with Crippen LogP contribution in [0, 0.1) is 11.7 Å². The summed E-state index contributed by atoms with van der Waals surface area (Å²) in [7, 11) is 0. The van der Waals surface area contributed by atoms with Crippen molar-refractivity contribution in [1.29, 1.82) is 0 Å². The molecule has 8 heteroatoms. The molecule has 1 aromatic carbocycles. The molecule has 0 aromatic heterocycles. The number of alkyl halides is 3. The largest absolute Gasteiger partial charge is 0.414 e. The van der Waals surface area contributed by atoms with E-state index in [1.807, 2.05) is 0 Å². The highest BCUT2D eigenvalue weighted by atomic mass is 35.5. The monoisotopic (exact) mass is 339 g/mol. The summed E-state index contributed by atoms with van der Waals surface area (Å²) in [5.41, 5.74) is -0.0171. The average Bonchev–Trinajstić information content (AvgIpc) is 2.48. The van der Waals surface area contributed by atoms with E-state index in [1.165, 1.54) is 17.0 Å². The molecule has 0 radical (unpaired) electrons. The van der Waals surface area contributed by atoms with Crippen LogP contribution in [0.4, 0.5) is 17.6 Å². The molecule has 1 fully saturated rings. The van der Waals surface area contributed by atoms with E-state index < -0.39 is 29.9 Å². The molecule has 3 nitrogen and oxygen atoms in total. The summed E-state index contributed by atoms with van der Waals surface area (Å²) in [6, 6.07) is 3.82. The molecule has 22 heavy (non-hydrogen) atoms. The summed E-state index contributed by atoms with van der Waals surface area (Å²) in [5, 5.41) is 8.93. The van der Waals surface area contributed by atoms with Gasteiger partial charge in [0.05, 0.1) is 10.6 Å². The first-order valence-corrected chi connectivity index (χ1v) is 7.07. The standard InChI is InChI=1S/C14H14ClF4NO2/c15-11-9(2-1-3-10(11)16)13(22)20-6-4-8(5-7-20)12(21)14(17,18)19/h1-3,8,12,21H,4-7H2. The van der Waals surface area contributed by atoms with E-state index in [-0.39, 0.29) is 36.5 Å². The van der Waals surface area contributed by atoms with Crippen LogP contribution in [0.15, 0.2) is 18.2 Å². The molecule has 0 saturated carbocycles. The van der Waals surface area contributed by atoms with Gasteiger partial charge in [-0.15, -0.1) is 0 Å². The second kappa shape index (κ2) is 6.42. The van der Waals surface area contributed by atoms with Crippen molar-refractivity contribution < 1.29 is 27.5 Å². The number of benzene rings is 1. The van der Waals surface area contributed by atoms with Crippen LogP contribution in [0.5, 0.6) is 0 Å². The van der Waals surface area contributed by atoms with Gasteiger partial charge in [0, 0.05) is 13.1 Å². The molecule has 1 atom stereocenters. The van der Waals surface area contributed by atoms with Crippen molar-refractivity contribution in [3.8, 4) is 0 Å². The number of amides is 1. The van der Waals surface area contributed by atoms with Crippen molar-refractivity contribution in [1.82, 2.24) is 4.90 Å². The number of halogens is 5. The maximum absolute atomic E-state index is 13.3. The molecule has 0 spiro atoms. The Hall–Kier alpha value is -1.34. The summed E-state index contributed by atoms with van der Waals surface area (Å²) < 4.78 is 50.7. The van der Waals surface area contributed by atoms with Gasteiger partial charge in [0.2, 0.25) is 0 Å². The summed E-state index contributed by atoms with van der Waals surface area (Å²) in [6.07, 6.45) is -7.00. The van der Waals surface area contributed by atoms with E-state index in [0.717, 1.165) is 6.07 Å². The van der Waals surface area contributed by atoms with Crippen LogP contribution in [0.1, 0.15) is 23.2 Å². The van der Waals surface area contributed by atoms with Gasteiger partial charge in [0.1, 0.15) is 5.82 Å². The van der Waals surface area contributed by atoms with E-state index in [0.29, 0.717) is 0 Å². The summed E-state index contributed by atoms with van der Waals surface area (Å²) in [5.74, 6) is -2.19. The highest BCUT2D eigenvalue weighted by Gasteiger charge is 2.44. The Morgan fingerprint density at radius 3 is 2.45 bits per heavy atom. The Balaban J connectivity index is 2.03. The molecule has 1 unspecified atom stereocenters. The lowest BCUT2D eigenvalue weighted by Crippen LogP contribution is -2.45. The molecule has 0 aliphatic carbocycles. The van der Waals surface area contributed by atoms with E-state index in [4.69, 9.17) is 11.6 Å². The first kappa shape index (κ1) is 17.0. The van der Waals surface area contributed by atoms with E-state index in [9.17, 15) is 27.5 Å². The number of carbonyl (C=O) groups is 1. The summed E-state index contributed by atoms with van der Waals surface area (Å²) >= 11 is 5.74. The molecule has 1 aliphatic rings. The number of nitrogens with zero attached hydrogens (tertiary/aromatic N) is 1. The van der Waals surface area contributed by atoms with Crippen molar-refractivity contribution in [3.05, 3.63) is 34.6 Å². The van der Waals surface area contributed by atoms with Gasteiger partial charge < -0.3 is 10.0 Å². The fraction of sp³-hybridized carbons (Fsp3) is 0.500. The fourth-order valence-corrected chi connectivity index (χ4v) is 2.73. The minimum atomic E-state index is -4.66. The Kier molecular flexibility index (Phi) is 4.97. The predicted octanol–water partition coefficient (Wildman–Crippen LogP) is 3.25. The smallest absolute Gasteiger partial charge is 0.383 e. The molecule has 1 saturated heterocycles. The van der Waals surface area contributed by atoms with Crippen molar-refractivity contribution in [2.24, 2.45) is 5.92 Å². The van der Waals surface area contributed by atoms with Crippen LogP contribution in [0.2, 0.25) is 5.02 Å². The van der Waals surface area contributed by atoms with Gasteiger partial charge in [-0.2, -0.15) is 13.2 Å². The molecule has 1 aliphatic heterocycles. The number of piperidine rings is 1. The molecule has 1 N–H and O–H groups in total. The van der Waals surface area contributed by atoms with E-state index in [2.05, 4.69) is 0 Å². The quantitative estimate of drug-likeness (QED) is 0.840. The Morgan fingerprint density at radius 1 is 1.32 bits per heavy atom. The number of rotatable bonds is 2. The zero-order valence-corrected chi connectivity index (χ0v) is 12.2. The van der Waals surface area contributed by atoms with Gasteiger partial charge in [-0.05, 0) is 30.9 Å². The normalized spacial score (nSPS) is 18.4. The van der Waals surface area contributed by atoms with Crippen LogP contribution < -0.4 is 0 Å². The zero-order chi connectivity index (χ0) is 16.5. The van der Waals surface area contributed by atoms with Gasteiger partial charge in [-0.25, -0.2) is 4.39 Å². The Bertz CT molecular complexity index is 556. The predicted molar refractivity (Wildman–Crippen MR) is 72.1 cm³/mol. The molecule has 2 rings (SSSR count). The first-order chi connectivity index (χ1) is 10.2. The summed E-state index contributed by atoms with van der Waals surface area (Å²) in [4.78, 5) is 13.6. The van der Waals surface area contributed by atoms with Crippen LogP contribution in [0.25, 0.3) is 0 Å². The number of aliphatic hydroxyl groups excluding tert-OH is 1. The van der Waals surface area contributed by atoms with E-state index >= 15 is 0 Å². The molecule has 1 amide bonds. The average molecular weight is 340 g/mol. The Labute approximate surface area is 129 Å². The van der Waals surface area contributed by atoms with Gasteiger partial charge >= 0.3 is 6.18 Å². The van der Waals surface area contributed by atoms with Gasteiger partial charge in [0.25, 0.3) is 5.91 Å². The van der Waals surface area contributed by atoms with Gasteiger partial charge in [0.15, 0.2) is 6.10 Å². The van der Waals surface area contributed by atoms with Crippen molar-refractivity contribution in [2.45, 2.75) is 25.1 Å². The maximum Gasteiger partial charge on any atom is 0.414 e. The lowest BCUT2D eigenvalue weighted by molar-refractivity contribution is -0.222. The number of carbonyl (C=O) groups excluding carboxylic acids is 1. The van der Waals surface area contributed by atoms with Gasteiger partial charge in [-0.1, -0.05) is 17.7 Å². The lowest BCUT2D eigenvalue weighted by Gasteiger charge is -2.34. The zero-order valence-electron chi connectivity index (χ0n) is 11.4. The lowest BCUT2D eigenvalue weighted by atomic mass is 9.90. The van der Waals surface area contributed by atoms with Crippen molar-refractivity contribution >= 4 is 17.5 Å². The number of likely N-dealkylation sites (tertiary alicyclic amines) is 1. The second-order valence-corrected chi connectivity index (χ2v) is 5.60. The van der Waals surface area contributed by atoms with Crippen LogP contribution in [-0.2, 0) is 0 Å². The summed E-state index contributed by atoms with van der Waals surface area (Å²) in [6.45, 7) is 0.118. The number of hydrogen-bond acceptors (Lipinski definition) is 2. The van der Waals surface area contributed by atoms with Crippen LogP contribution in [0.3, 0.4) is 0 Å². The molecule has 0 bridgehead atoms. The highest BCUT2D eigenvalue weighted by molar-refractivity contribution is 6.34. The molecule has 1 heterocycles. The van der Waals surface area contributed by atoms with Crippen molar-refractivity contribution in [2.75, 3.05) is 13.1 Å². The van der Waals surface area contributed by atoms with Crippen molar-refractivity contribution in [3.63, 3.8) is 0 Å². The maximum atomic E-state index is 13.3. The number of aliphatic hydroxyl groups is 1. The highest BCUT2D eigenvalue weighted by Crippen LogP contribution is 2.32. The van der Waals surface area contributed by atoms with E-state index in [1.54, 1.807) is 0 Å². The first-order valence-electron chi connectivity index (χ1n) is 6.70. The topological polar surface area (TPSA) is 40.5 Å². The minimum Gasteiger partial charge on any atom is -0.383 e. The third kappa shape index (κ3) is 3.52. The molecule has 1 aromatic rings. The third-order valence-electron chi connectivity index (χ3n) is 3.79. The number of hydrogen-bond donors (Lipinski definition) is 1. The molecular weight excluding hydrogens is 326 g/mol. The van der Waals surface area contributed by atoms with Crippen LogP contribution in [-0.4, -0.2) is 41.3 Å². The molecule has 122 valence electrons. The SMILES string of the molecule is O=C(c1cccc(F)c1Cl)N1CCC(C(O)C(F)(F)F)CC1. The second-order valence-electron chi connectivity index (χ2n) is 5.22. The fourth-order valence-electron chi connectivity index (χ4n) is 2.52. The van der Waals surface area contributed by atoms with Crippen LogP contribution >= 0.6 is 11.6 Å².